The fourth-order valence-electron chi connectivity index (χ4n) is 2.51. The number of rotatable bonds is 5. The number of carbonyl (C=O) groups excluding carboxylic acids is 2. The van der Waals surface area contributed by atoms with E-state index in [4.69, 9.17) is 14.2 Å². The summed E-state index contributed by atoms with van der Waals surface area (Å²) in [7, 11) is 2.89. The van der Waals surface area contributed by atoms with Gasteiger partial charge in [-0.3, -0.25) is 4.79 Å². The Morgan fingerprint density at radius 2 is 1.77 bits per heavy atom. The summed E-state index contributed by atoms with van der Waals surface area (Å²) in [5.41, 5.74) is 1.26. The Morgan fingerprint density at radius 1 is 1.08 bits per heavy atom. The van der Waals surface area contributed by atoms with Crippen LogP contribution in [0.2, 0.25) is 0 Å². The molecular weight excluding hydrogens is 336 g/mol. The zero-order valence-corrected chi connectivity index (χ0v) is 14.6. The lowest BCUT2D eigenvalue weighted by Crippen LogP contribution is -2.24. The second kappa shape index (κ2) is 7.31. The predicted octanol–water partition coefficient (Wildman–Crippen LogP) is 3.25. The molecule has 0 fully saturated rings. The lowest BCUT2D eigenvalue weighted by Gasteiger charge is -2.12. The van der Waals surface area contributed by atoms with Gasteiger partial charge in [0.15, 0.2) is 11.9 Å². The van der Waals surface area contributed by atoms with E-state index in [1.807, 2.05) is 12.1 Å². The molecule has 1 aliphatic heterocycles. The topological polar surface area (TPSA) is 71.1 Å². The van der Waals surface area contributed by atoms with Crippen LogP contribution in [0.5, 0.6) is 17.2 Å². The molecule has 0 saturated carbocycles. The molecule has 0 saturated heterocycles. The predicted molar refractivity (Wildman–Crippen MR) is 94.5 cm³/mol. The van der Waals surface area contributed by atoms with E-state index in [0.717, 1.165) is 11.3 Å². The fourth-order valence-corrected chi connectivity index (χ4v) is 2.51. The standard InChI is InChI=1S/C20H18O6/c1-12(20(22)24-3)25-15-8-9-16-17(11-15)26-18(19(16)21)10-13-4-6-14(23-2)7-5-13/h4-12H,1-3H3. The summed E-state index contributed by atoms with van der Waals surface area (Å²) in [6.45, 7) is 1.58. The highest BCUT2D eigenvalue weighted by molar-refractivity contribution is 6.14. The van der Waals surface area contributed by atoms with Crippen molar-refractivity contribution in [1.82, 2.24) is 0 Å². The molecule has 6 nitrogen and oxygen atoms in total. The Hall–Kier alpha value is -3.28. The monoisotopic (exact) mass is 354 g/mol. The third kappa shape index (κ3) is 3.54. The minimum atomic E-state index is -0.760. The number of allylic oxidation sites excluding steroid dienone is 1. The van der Waals surface area contributed by atoms with Gasteiger partial charge in [-0.15, -0.1) is 0 Å². The van der Waals surface area contributed by atoms with Crippen LogP contribution in [0.4, 0.5) is 0 Å². The Bertz CT molecular complexity index is 866. The summed E-state index contributed by atoms with van der Waals surface area (Å²) >= 11 is 0. The van der Waals surface area contributed by atoms with Crippen molar-refractivity contribution in [3.8, 4) is 17.2 Å². The first-order valence-electron chi connectivity index (χ1n) is 7.98. The van der Waals surface area contributed by atoms with Crippen molar-refractivity contribution in [3.63, 3.8) is 0 Å². The van der Waals surface area contributed by atoms with Crippen LogP contribution in [0.25, 0.3) is 6.08 Å². The van der Waals surface area contributed by atoms with Crippen molar-refractivity contribution in [3.05, 3.63) is 59.4 Å². The van der Waals surface area contributed by atoms with Crippen LogP contribution in [0.3, 0.4) is 0 Å². The SMILES string of the molecule is COC(=O)C(C)Oc1ccc2c(c1)OC(=Cc1ccc(OC)cc1)C2=O. The van der Waals surface area contributed by atoms with E-state index in [2.05, 4.69) is 4.74 Å². The van der Waals surface area contributed by atoms with Gasteiger partial charge in [-0.05, 0) is 42.8 Å². The third-order valence-corrected chi connectivity index (χ3v) is 3.90. The van der Waals surface area contributed by atoms with Gasteiger partial charge in [-0.25, -0.2) is 4.79 Å². The van der Waals surface area contributed by atoms with Gasteiger partial charge in [-0.1, -0.05) is 12.1 Å². The van der Waals surface area contributed by atoms with Gasteiger partial charge in [0.1, 0.15) is 17.2 Å². The molecular formula is C20H18O6. The number of hydrogen-bond donors (Lipinski definition) is 0. The maximum absolute atomic E-state index is 12.5. The van der Waals surface area contributed by atoms with Gasteiger partial charge < -0.3 is 18.9 Å². The van der Waals surface area contributed by atoms with E-state index >= 15 is 0 Å². The largest absolute Gasteiger partial charge is 0.497 e. The Kier molecular flexibility index (Phi) is 4.93. The molecule has 0 N–H and O–H groups in total. The van der Waals surface area contributed by atoms with Crippen molar-refractivity contribution in [2.75, 3.05) is 14.2 Å². The third-order valence-electron chi connectivity index (χ3n) is 3.90. The molecule has 0 amide bonds. The highest BCUT2D eigenvalue weighted by atomic mass is 16.6. The number of benzene rings is 2. The molecule has 0 radical (unpaired) electrons. The molecule has 134 valence electrons. The van der Waals surface area contributed by atoms with Gasteiger partial charge in [0.25, 0.3) is 0 Å². The number of ether oxygens (including phenoxy) is 4. The average Bonchev–Trinajstić information content (AvgIpc) is 2.96. The molecule has 6 heteroatoms. The van der Waals surface area contributed by atoms with Gasteiger partial charge >= 0.3 is 5.97 Å². The highest BCUT2D eigenvalue weighted by Gasteiger charge is 2.28. The normalized spacial score (nSPS) is 15.2. The first kappa shape index (κ1) is 17.5. The zero-order chi connectivity index (χ0) is 18.7. The number of Topliss-reactive ketones (excluding diaryl/α,β-unsaturated/α-hetero) is 1. The van der Waals surface area contributed by atoms with Crippen LogP contribution >= 0.6 is 0 Å². The lowest BCUT2D eigenvalue weighted by atomic mass is 10.1. The summed E-state index contributed by atoms with van der Waals surface area (Å²) in [6, 6.07) is 12.1. The minimum Gasteiger partial charge on any atom is -0.497 e. The van der Waals surface area contributed by atoms with E-state index in [0.29, 0.717) is 17.1 Å². The van der Waals surface area contributed by atoms with Crippen molar-refractivity contribution in [2.45, 2.75) is 13.0 Å². The van der Waals surface area contributed by atoms with Gasteiger partial charge in [0, 0.05) is 6.07 Å². The molecule has 0 aromatic heterocycles. The first-order valence-corrected chi connectivity index (χ1v) is 7.98. The van der Waals surface area contributed by atoms with E-state index in [-0.39, 0.29) is 11.5 Å². The lowest BCUT2D eigenvalue weighted by molar-refractivity contribution is -0.147. The number of methoxy groups -OCH3 is 2. The molecule has 0 spiro atoms. The van der Waals surface area contributed by atoms with Crippen molar-refractivity contribution >= 4 is 17.8 Å². The number of carbonyl (C=O) groups is 2. The van der Waals surface area contributed by atoms with Gasteiger partial charge in [0.2, 0.25) is 5.78 Å². The quantitative estimate of drug-likeness (QED) is 0.606. The number of hydrogen-bond acceptors (Lipinski definition) is 6. The smallest absolute Gasteiger partial charge is 0.346 e. The second-order valence-electron chi connectivity index (χ2n) is 5.65. The minimum absolute atomic E-state index is 0.205. The Balaban J connectivity index is 1.79. The van der Waals surface area contributed by atoms with Crippen LogP contribution in [0.15, 0.2) is 48.2 Å². The summed E-state index contributed by atoms with van der Waals surface area (Å²) in [6.07, 6.45) is 0.906. The Labute approximate surface area is 150 Å². The van der Waals surface area contributed by atoms with Crippen LogP contribution < -0.4 is 14.2 Å². The first-order chi connectivity index (χ1) is 12.5. The molecule has 1 aliphatic rings. The molecule has 3 rings (SSSR count). The van der Waals surface area contributed by atoms with Crippen LogP contribution in [0.1, 0.15) is 22.8 Å². The number of esters is 1. The van der Waals surface area contributed by atoms with Crippen LogP contribution in [-0.2, 0) is 9.53 Å². The van der Waals surface area contributed by atoms with Crippen LogP contribution in [0, 0.1) is 0 Å². The molecule has 1 atom stereocenters. The van der Waals surface area contributed by atoms with Gasteiger partial charge in [0.05, 0.1) is 19.8 Å². The molecule has 2 aromatic carbocycles. The summed E-state index contributed by atoms with van der Waals surface area (Å²) in [5, 5.41) is 0. The number of fused-ring (bicyclic) bond motifs is 1. The molecule has 0 aliphatic carbocycles. The molecule has 1 unspecified atom stereocenters. The molecule has 0 bridgehead atoms. The van der Waals surface area contributed by atoms with Crippen molar-refractivity contribution < 1.29 is 28.5 Å². The summed E-state index contributed by atoms with van der Waals surface area (Å²) in [5.74, 6) is 1.08. The van der Waals surface area contributed by atoms with Crippen molar-refractivity contribution in [1.29, 1.82) is 0 Å². The summed E-state index contributed by atoms with van der Waals surface area (Å²) < 4.78 is 20.9. The maximum Gasteiger partial charge on any atom is 0.346 e. The van der Waals surface area contributed by atoms with Crippen molar-refractivity contribution in [2.24, 2.45) is 0 Å². The summed E-state index contributed by atoms with van der Waals surface area (Å²) in [4.78, 5) is 23.9. The maximum atomic E-state index is 12.5. The van der Waals surface area contributed by atoms with E-state index in [1.54, 1.807) is 50.4 Å². The van der Waals surface area contributed by atoms with E-state index in [9.17, 15) is 9.59 Å². The number of ketones is 1. The van der Waals surface area contributed by atoms with Gasteiger partial charge in [-0.2, -0.15) is 0 Å². The Morgan fingerprint density at radius 3 is 2.42 bits per heavy atom. The fraction of sp³-hybridized carbons (Fsp3) is 0.200. The highest BCUT2D eigenvalue weighted by Crippen LogP contribution is 2.35. The molecule has 1 heterocycles. The molecule has 26 heavy (non-hydrogen) atoms. The molecule has 2 aromatic rings. The zero-order valence-electron chi connectivity index (χ0n) is 14.6. The van der Waals surface area contributed by atoms with E-state index < -0.39 is 12.1 Å². The van der Waals surface area contributed by atoms with E-state index in [1.165, 1.54) is 7.11 Å². The second-order valence-corrected chi connectivity index (χ2v) is 5.65. The average molecular weight is 354 g/mol. The van der Waals surface area contributed by atoms with Crippen LogP contribution in [-0.4, -0.2) is 32.1 Å².